The Morgan fingerprint density at radius 3 is 2.35 bits per heavy atom. The number of halogens is 5. The van der Waals surface area contributed by atoms with Crippen molar-refractivity contribution in [1.29, 1.82) is 0 Å². The third-order valence-electron chi connectivity index (χ3n) is 2.25. The Bertz CT molecular complexity index is 558. The number of aliphatic hydroxyl groups excluding tert-OH is 1. The van der Waals surface area contributed by atoms with E-state index in [1.807, 2.05) is 0 Å². The average Bonchev–Trinajstić information content (AvgIpc) is 2.35. The van der Waals surface area contributed by atoms with E-state index in [0.717, 1.165) is 12.1 Å². The van der Waals surface area contributed by atoms with Crippen LogP contribution in [0.2, 0.25) is 0 Å². The van der Waals surface area contributed by atoms with Gasteiger partial charge >= 0.3 is 6.18 Å². The number of sulfonamides is 1. The van der Waals surface area contributed by atoms with Gasteiger partial charge in [-0.05, 0) is 18.2 Å². The molecule has 0 aliphatic heterocycles. The molecule has 0 saturated heterocycles. The minimum atomic E-state index is -4.73. The van der Waals surface area contributed by atoms with Crippen LogP contribution in [-0.2, 0) is 16.2 Å². The van der Waals surface area contributed by atoms with E-state index in [4.69, 9.17) is 5.11 Å². The number of rotatable bonds is 5. The molecular formula is C10H10F5NO3S. The Hall–Kier alpha value is -1.26. The van der Waals surface area contributed by atoms with Crippen molar-refractivity contribution in [2.24, 2.45) is 0 Å². The van der Waals surface area contributed by atoms with Crippen molar-refractivity contribution >= 4 is 10.0 Å². The molecule has 0 heterocycles. The van der Waals surface area contributed by atoms with Gasteiger partial charge in [0.05, 0.1) is 10.5 Å². The third-order valence-corrected chi connectivity index (χ3v) is 3.67. The summed E-state index contributed by atoms with van der Waals surface area (Å²) in [5.41, 5.74) is -1.19. The van der Waals surface area contributed by atoms with Gasteiger partial charge in [-0.15, -0.1) is 0 Å². The fourth-order valence-electron chi connectivity index (χ4n) is 1.21. The van der Waals surface area contributed by atoms with Crippen molar-refractivity contribution in [1.82, 2.24) is 4.72 Å². The van der Waals surface area contributed by atoms with Gasteiger partial charge < -0.3 is 5.11 Å². The lowest BCUT2D eigenvalue weighted by Crippen LogP contribution is -2.35. The van der Waals surface area contributed by atoms with Crippen molar-refractivity contribution in [2.75, 3.05) is 6.54 Å². The van der Waals surface area contributed by atoms with Crippen LogP contribution in [0.5, 0.6) is 0 Å². The van der Waals surface area contributed by atoms with Gasteiger partial charge in [0.25, 0.3) is 6.43 Å². The Labute approximate surface area is 111 Å². The van der Waals surface area contributed by atoms with E-state index in [1.54, 1.807) is 4.72 Å². The Kier molecular flexibility index (Phi) is 5.05. The van der Waals surface area contributed by atoms with Crippen molar-refractivity contribution in [3.8, 4) is 0 Å². The second-order valence-corrected chi connectivity index (χ2v) is 5.55. The zero-order valence-corrected chi connectivity index (χ0v) is 10.5. The largest absolute Gasteiger partial charge is 0.416 e. The van der Waals surface area contributed by atoms with Crippen molar-refractivity contribution in [2.45, 2.75) is 23.6 Å². The molecule has 1 aromatic rings. The Balaban J connectivity index is 2.93. The van der Waals surface area contributed by atoms with Crippen LogP contribution in [0.15, 0.2) is 29.2 Å². The first-order valence-corrected chi connectivity index (χ1v) is 6.65. The molecule has 0 bridgehead atoms. The first-order valence-electron chi connectivity index (χ1n) is 5.17. The molecule has 4 nitrogen and oxygen atoms in total. The molecule has 10 heteroatoms. The van der Waals surface area contributed by atoms with Gasteiger partial charge in [-0.25, -0.2) is 21.9 Å². The highest BCUT2D eigenvalue weighted by Crippen LogP contribution is 2.30. The van der Waals surface area contributed by atoms with E-state index < -0.39 is 45.7 Å². The average molecular weight is 319 g/mol. The number of hydrogen-bond acceptors (Lipinski definition) is 3. The van der Waals surface area contributed by atoms with Crippen molar-refractivity contribution < 1.29 is 35.5 Å². The van der Waals surface area contributed by atoms with Crippen LogP contribution >= 0.6 is 0 Å². The van der Waals surface area contributed by atoms with E-state index >= 15 is 0 Å². The summed E-state index contributed by atoms with van der Waals surface area (Å²) in [6.45, 7) is -1.00. The van der Waals surface area contributed by atoms with E-state index in [0.29, 0.717) is 12.1 Å². The van der Waals surface area contributed by atoms with Crippen LogP contribution in [0.3, 0.4) is 0 Å². The fraction of sp³-hybridized carbons (Fsp3) is 0.400. The van der Waals surface area contributed by atoms with Crippen molar-refractivity contribution in [3.63, 3.8) is 0 Å². The fourth-order valence-corrected chi connectivity index (χ4v) is 2.30. The first kappa shape index (κ1) is 16.8. The number of aliphatic hydroxyl groups is 1. The molecule has 1 unspecified atom stereocenters. The van der Waals surface area contributed by atoms with Gasteiger partial charge in [0.15, 0.2) is 0 Å². The molecule has 20 heavy (non-hydrogen) atoms. The third kappa shape index (κ3) is 4.39. The monoisotopic (exact) mass is 319 g/mol. The van der Waals surface area contributed by atoms with E-state index in [1.165, 1.54) is 0 Å². The second-order valence-electron chi connectivity index (χ2n) is 3.78. The van der Waals surface area contributed by atoms with E-state index in [-0.39, 0.29) is 0 Å². The van der Waals surface area contributed by atoms with Crippen LogP contribution in [0, 0.1) is 0 Å². The minimum Gasteiger partial charge on any atom is -0.386 e. The molecule has 0 amide bonds. The second kappa shape index (κ2) is 6.02. The molecule has 0 aliphatic carbocycles. The maximum absolute atomic E-state index is 12.4. The summed E-state index contributed by atoms with van der Waals surface area (Å²) < 4.78 is 86.1. The molecule has 1 rings (SSSR count). The number of nitrogens with one attached hydrogen (secondary N) is 1. The van der Waals surface area contributed by atoms with Crippen LogP contribution in [0.25, 0.3) is 0 Å². The van der Waals surface area contributed by atoms with Crippen LogP contribution < -0.4 is 4.72 Å². The Morgan fingerprint density at radius 2 is 1.85 bits per heavy atom. The summed E-state index contributed by atoms with van der Waals surface area (Å²) in [5, 5.41) is 8.76. The molecule has 0 aromatic heterocycles. The zero-order chi connectivity index (χ0) is 15.6. The van der Waals surface area contributed by atoms with Gasteiger partial charge in [-0.3, -0.25) is 0 Å². The highest BCUT2D eigenvalue weighted by molar-refractivity contribution is 7.89. The summed E-state index contributed by atoms with van der Waals surface area (Å²) in [5.74, 6) is 0. The van der Waals surface area contributed by atoms with Crippen LogP contribution in [-0.4, -0.2) is 32.6 Å². The van der Waals surface area contributed by atoms with Crippen molar-refractivity contribution in [3.05, 3.63) is 29.8 Å². The zero-order valence-electron chi connectivity index (χ0n) is 9.73. The lowest BCUT2D eigenvalue weighted by molar-refractivity contribution is -0.137. The molecule has 114 valence electrons. The number of hydrogen-bond donors (Lipinski definition) is 2. The molecule has 0 fully saturated rings. The number of benzene rings is 1. The normalized spacial score (nSPS) is 14.6. The predicted octanol–water partition coefficient (Wildman–Crippen LogP) is 1.61. The molecule has 0 spiro atoms. The summed E-state index contributed by atoms with van der Waals surface area (Å²) in [6, 6.07) is 2.80. The highest BCUT2D eigenvalue weighted by atomic mass is 32.2. The molecule has 0 saturated carbocycles. The smallest absolute Gasteiger partial charge is 0.386 e. The maximum atomic E-state index is 12.4. The highest BCUT2D eigenvalue weighted by Gasteiger charge is 2.31. The van der Waals surface area contributed by atoms with Gasteiger partial charge in [0.2, 0.25) is 10.0 Å². The Morgan fingerprint density at radius 1 is 1.25 bits per heavy atom. The minimum absolute atomic E-state index is 0.372. The standard InChI is InChI=1S/C10H10F5NO3S/c11-9(12)8(17)5-16-20(18,19)7-3-1-2-6(4-7)10(13,14)15/h1-4,8-9,16-17H,5H2. The lowest BCUT2D eigenvalue weighted by Gasteiger charge is -2.12. The van der Waals surface area contributed by atoms with Crippen LogP contribution in [0.1, 0.15) is 5.56 Å². The summed E-state index contributed by atoms with van der Waals surface area (Å²) in [7, 11) is -4.41. The van der Waals surface area contributed by atoms with Crippen LogP contribution in [0.4, 0.5) is 22.0 Å². The maximum Gasteiger partial charge on any atom is 0.416 e. The summed E-state index contributed by atoms with van der Waals surface area (Å²) >= 11 is 0. The van der Waals surface area contributed by atoms with Gasteiger partial charge in [-0.2, -0.15) is 13.2 Å². The molecule has 2 N–H and O–H groups in total. The molecule has 0 aliphatic rings. The topological polar surface area (TPSA) is 66.4 Å². The summed E-state index contributed by atoms with van der Waals surface area (Å²) in [6.07, 6.45) is -10.1. The molecule has 0 radical (unpaired) electrons. The SMILES string of the molecule is O=S(=O)(NCC(O)C(F)F)c1cccc(C(F)(F)F)c1. The van der Waals surface area contributed by atoms with Gasteiger partial charge in [-0.1, -0.05) is 6.07 Å². The molecule has 1 atom stereocenters. The van der Waals surface area contributed by atoms with E-state index in [9.17, 15) is 30.4 Å². The van der Waals surface area contributed by atoms with Gasteiger partial charge in [0.1, 0.15) is 6.10 Å². The quantitative estimate of drug-likeness (QED) is 0.810. The van der Waals surface area contributed by atoms with Gasteiger partial charge in [0, 0.05) is 6.54 Å². The van der Waals surface area contributed by atoms with E-state index in [2.05, 4.69) is 0 Å². The number of alkyl halides is 5. The summed E-state index contributed by atoms with van der Waals surface area (Å²) in [4.78, 5) is -0.728. The predicted molar refractivity (Wildman–Crippen MR) is 58.6 cm³/mol. The first-order chi connectivity index (χ1) is 9.04. The molecule has 1 aromatic carbocycles. The molecular weight excluding hydrogens is 309 g/mol. The lowest BCUT2D eigenvalue weighted by atomic mass is 10.2.